The second-order valence-electron chi connectivity index (χ2n) is 3.74. The average molecular weight is 245 g/mol. The lowest BCUT2D eigenvalue weighted by Crippen LogP contribution is -2.03. The molecule has 0 saturated carbocycles. The van der Waals surface area contributed by atoms with Crippen LogP contribution in [0.2, 0.25) is 0 Å². The van der Waals surface area contributed by atoms with Gasteiger partial charge in [0.15, 0.2) is 0 Å². The van der Waals surface area contributed by atoms with Crippen molar-refractivity contribution in [2.45, 2.75) is 6.54 Å². The number of para-hydroxylation sites is 1. The zero-order valence-electron chi connectivity index (χ0n) is 9.97. The first-order chi connectivity index (χ1) is 8.88. The molecule has 2 aromatic rings. The summed E-state index contributed by atoms with van der Waals surface area (Å²) >= 11 is 0. The largest absolute Gasteiger partial charge is 0.491 e. The summed E-state index contributed by atoms with van der Waals surface area (Å²) in [6, 6.07) is 13.4. The van der Waals surface area contributed by atoms with Crippen LogP contribution in [0.25, 0.3) is 0 Å². The molecular weight excluding hydrogens is 230 g/mol. The fourth-order valence-electron chi connectivity index (χ4n) is 1.55. The molecule has 94 valence electrons. The van der Waals surface area contributed by atoms with Crippen LogP contribution in [0.4, 0.5) is 10.1 Å². The minimum atomic E-state index is -0.486. The fourth-order valence-corrected chi connectivity index (χ4v) is 1.55. The van der Waals surface area contributed by atoms with Gasteiger partial charge in [0.05, 0.1) is 12.2 Å². The first-order valence-electron chi connectivity index (χ1n) is 5.81. The lowest BCUT2D eigenvalue weighted by Gasteiger charge is -2.07. The van der Waals surface area contributed by atoms with Crippen molar-refractivity contribution in [1.82, 2.24) is 4.98 Å². The fraction of sp³-hybridized carbons (Fsp3) is 0.214. The van der Waals surface area contributed by atoms with Crippen LogP contribution in [0.3, 0.4) is 0 Å². The van der Waals surface area contributed by atoms with Crippen LogP contribution >= 0.6 is 0 Å². The van der Waals surface area contributed by atoms with E-state index in [-0.39, 0.29) is 6.61 Å². The zero-order valence-corrected chi connectivity index (χ0v) is 9.97. The molecule has 0 fully saturated rings. The molecule has 0 unspecified atom stereocenters. The van der Waals surface area contributed by atoms with E-state index in [4.69, 9.17) is 4.74 Å². The first kappa shape index (κ1) is 12.4. The lowest BCUT2D eigenvalue weighted by atomic mass is 10.3. The predicted octanol–water partition coefficient (Wildman–Crippen LogP) is 3.04. The maximum Gasteiger partial charge on any atom is 0.123 e. The second-order valence-corrected chi connectivity index (χ2v) is 3.74. The Labute approximate surface area is 106 Å². The van der Waals surface area contributed by atoms with E-state index in [0.29, 0.717) is 12.3 Å². The van der Waals surface area contributed by atoms with E-state index in [1.807, 2.05) is 36.4 Å². The molecule has 3 nitrogen and oxygen atoms in total. The SMILES string of the molecule is [18F]CCOc1ccnc(CNc2ccccc2)c1. The standard InChI is InChI=1S/C14H15FN2O/c15-7-9-18-14-6-8-16-13(10-14)11-17-12-4-2-1-3-5-12/h1-6,8,10,17H,7,9,11H2/i15-1. The highest BCUT2D eigenvalue weighted by Crippen LogP contribution is 2.13. The van der Waals surface area contributed by atoms with Gasteiger partial charge >= 0.3 is 0 Å². The van der Waals surface area contributed by atoms with E-state index in [2.05, 4.69) is 10.3 Å². The Bertz CT molecular complexity index is 476. The van der Waals surface area contributed by atoms with Gasteiger partial charge in [-0.25, -0.2) is 4.39 Å². The van der Waals surface area contributed by atoms with Crippen LogP contribution in [-0.4, -0.2) is 18.3 Å². The van der Waals surface area contributed by atoms with Gasteiger partial charge in [-0.2, -0.15) is 0 Å². The molecule has 0 aliphatic heterocycles. The van der Waals surface area contributed by atoms with Gasteiger partial charge in [0.25, 0.3) is 0 Å². The number of halogens is 1. The van der Waals surface area contributed by atoms with Crippen molar-refractivity contribution in [3.05, 3.63) is 54.4 Å². The maximum atomic E-state index is 12.0. The zero-order chi connectivity index (χ0) is 12.6. The monoisotopic (exact) mass is 245 g/mol. The first-order valence-corrected chi connectivity index (χ1v) is 5.81. The number of hydrogen-bond donors (Lipinski definition) is 1. The van der Waals surface area contributed by atoms with E-state index in [9.17, 15) is 4.39 Å². The summed E-state index contributed by atoms with van der Waals surface area (Å²) in [4.78, 5) is 4.23. The van der Waals surface area contributed by atoms with Crippen LogP contribution in [0.15, 0.2) is 48.7 Å². The number of ether oxygens (including phenoxy) is 1. The number of benzene rings is 1. The second kappa shape index (κ2) is 6.59. The number of rotatable bonds is 6. The quantitative estimate of drug-likeness (QED) is 0.849. The van der Waals surface area contributed by atoms with Crippen molar-refractivity contribution < 1.29 is 9.13 Å². The number of aromatic nitrogens is 1. The molecule has 0 amide bonds. The minimum Gasteiger partial charge on any atom is -0.491 e. The molecule has 2 rings (SSSR count). The van der Waals surface area contributed by atoms with Crippen molar-refractivity contribution in [2.24, 2.45) is 0 Å². The molecule has 0 aliphatic carbocycles. The highest BCUT2D eigenvalue weighted by Gasteiger charge is 1.98. The highest BCUT2D eigenvalue weighted by molar-refractivity contribution is 5.42. The molecule has 0 radical (unpaired) electrons. The van der Waals surface area contributed by atoms with Crippen LogP contribution in [-0.2, 0) is 6.54 Å². The summed E-state index contributed by atoms with van der Waals surface area (Å²) in [5.41, 5.74) is 1.89. The molecule has 1 aromatic heterocycles. The van der Waals surface area contributed by atoms with Crippen molar-refractivity contribution in [1.29, 1.82) is 0 Å². The molecule has 0 spiro atoms. The van der Waals surface area contributed by atoms with Crippen molar-refractivity contribution in [2.75, 3.05) is 18.6 Å². The van der Waals surface area contributed by atoms with Gasteiger partial charge in [0.2, 0.25) is 0 Å². The minimum absolute atomic E-state index is 0.0789. The van der Waals surface area contributed by atoms with Crippen LogP contribution < -0.4 is 10.1 Å². The average Bonchev–Trinajstić information content (AvgIpc) is 2.44. The topological polar surface area (TPSA) is 34.1 Å². The van der Waals surface area contributed by atoms with Gasteiger partial charge in [-0.1, -0.05) is 18.2 Å². The molecule has 1 N–H and O–H groups in total. The summed E-state index contributed by atoms with van der Waals surface area (Å²) in [6.07, 6.45) is 1.66. The Balaban J connectivity index is 1.93. The maximum absolute atomic E-state index is 12.0. The molecule has 1 heterocycles. The van der Waals surface area contributed by atoms with Crippen LogP contribution in [0.5, 0.6) is 5.75 Å². The van der Waals surface area contributed by atoms with Crippen molar-refractivity contribution >= 4 is 5.69 Å². The van der Waals surface area contributed by atoms with E-state index >= 15 is 0 Å². The Morgan fingerprint density at radius 3 is 2.78 bits per heavy atom. The molecular formula is C14H15FN2O. The van der Waals surface area contributed by atoms with Crippen LogP contribution in [0.1, 0.15) is 5.69 Å². The summed E-state index contributed by atoms with van der Waals surface area (Å²) in [5, 5.41) is 3.25. The van der Waals surface area contributed by atoms with E-state index in [0.717, 1.165) is 11.4 Å². The third-order valence-corrected chi connectivity index (χ3v) is 2.38. The Kier molecular flexibility index (Phi) is 4.53. The summed E-state index contributed by atoms with van der Waals surface area (Å²) in [7, 11) is 0. The van der Waals surface area contributed by atoms with E-state index in [1.165, 1.54) is 0 Å². The molecule has 1 aromatic carbocycles. The number of hydrogen-bond acceptors (Lipinski definition) is 3. The Morgan fingerprint density at radius 1 is 1.17 bits per heavy atom. The van der Waals surface area contributed by atoms with Gasteiger partial charge < -0.3 is 10.1 Å². The molecule has 0 bridgehead atoms. The third kappa shape index (κ3) is 3.73. The molecule has 0 saturated heterocycles. The summed E-state index contributed by atoms with van der Waals surface area (Å²) in [5.74, 6) is 0.646. The smallest absolute Gasteiger partial charge is 0.123 e. The molecule has 4 heteroatoms. The van der Waals surface area contributed by atoms with Gasteiger partial charge in [0, 0.05) is 18.0 Å². The van der Waals surface area contributed by atoms with Crippen molar-refractivity contribution in [3.63, 3.8) is 0 Å². The van der Waals surface area contributed by atoms with Gasteiger partial charge in [-0.15, -0.1) is 0 Å². The highest BCUT2D eigenvalue weighted by atomic mass is 18.2. The van der Waals surface area contributed by atoms with E-state index in [1.54, 1.807) is 12.3 Å². The summed E-state index contributed by atoms with van der Waals surface area (Å²) in [6.45, 7) is 0.201. The van der Waals surface area contributed by atoms with Gasteiger partial charge in [-0.05, 0) is 18.2 Å². The molecule has 0 atom stereocenters. The lowest BCUT2D eigenvalue weighted by molar-refractivity contribution is 0.273. The molecule has 0 aliphatic rings. The Morgan fingerprint density at radius 2 is 2.00 bits per heavy atom. The molecule has 18 heavy (non-hydrogen) atoms. The number of alkyl halides is 1. The number of anilines is 1. The Hall–Kier alpha value is -2.10. The normalized spacial score (nSPS) is 10.1. The predicted molar refractivity (Wildman–Crippen MR) is 69.5 cm³/mol. The third-order valence-electron chi connectivity index (χ3n) is 2.38. The van der Waals surface area contributed by atoms with Gasteiger partial charge in [0.1, 0.15) is 19.0 Å². The number of pyridine rings is 1. The van der Waals surface area contributed by atoms with E-state index < -0.39 is 6.67 Å². The van der Waals surface area contributed by atoms with Crippen molar-refractivity contribution in [3.8, 4) is 5.75 Å². The van der Waals surface area contributed by atoms with Crippen LogP contribution in [0, 0.1) is 0 Å². The number of nitrogens with zero attached hydrogens (tertiary/aromatic N) is 1. The number of nitrogens with one attached hydrogen (secondary N) is 1. The van der Waals surface area contributed by atoms with Gasteiger partial charge in [-0.3, -0.25) is 4.98 Å². The summed E-state index contributed by atoms with van der Waals surface area (Å²) < 4.78 is 17.2.